The molecule has 0 amide bonds. The summed E-state index contributed by atoms with van der Waals surface area (Å²) >= 11 is 0. The van der Waals surface area contributed by atoms with Crippen molar-refractivity contribution in [2.45, 2.75) is 0 Å². The normalized spacial score (nSPS) is 12.7. The minimum absolute atomic E-state index is 0.843. The van der Waals surface area contributed by atoms with Gasteiger partial charge in [0.15, 0.2) is 0 Å². The zero-order valence-corrected chi connectivity index (χ0v) is 20.8. The first-order valence-electron chi connectivity index (χ1n) is 13.1. The van der Waals surface area contributed by atoms with Gasteiger partial charge in [-0.15, -0.1) is 0 Å². The molecule has 0 unspecified atom stereocenters. The fraction of sp³-hybridized carbons (Fsp3) is 0.0286. The molecule has 3 nitrogen and oxygen atoms in total. The fourth-order valence-corrected chi connectivity index (χ4v) is 6.03. The largest absolute Gasteiger partial charge is 0.379 e. The van der Waals surface area contributed by atoms with Gasteiger partial charge in [-0.05, 0) is 71.8 Å². The molecule has 0 saturated carbocycles. The molecule has 0 radical (unpaired) electrons. The summed E-state index contributed by atoms with van der Waals surface area (Å²) in [5, 5.41) is 7.43. The number of aromatic nitrogens is 2. The Morgan fingerprint density at radius 2 is 1.08 bits per heavy atom. The number of anilines is 1. The van der Waals surface area contributed by atoms with E-state index in [1.165, 1.54) is 66.6 Å². The van der Waals surface area contributed by atoms with Crippen LogP contribution in [0.5, 0.6) is 0 Å². The maximum Gasteiger partial charge on any atom is 0.0698 e. The molecular formula is C35H25N3. The van der Waals surface area contributed by atoms with Crippen LogP contribution in [-0.4, -0.2) is 15.7 Å². The number of hydrogen-bond donors (Lipinski definition) is 1. The van der Waals surface area contributed by atoms with Crippen LogP contribution in [-0.2, 0) is 0 Å². The van der Waals surface area contributed by atoms with E-state index in [1.807, 2.05) is 0 Å². The summed E-state index contributed by atoms with van der Waals surface area (Å²) in [6.07, 6.45) is 4.43. The third-order valence-electron chi connectivity index (χ3n) is 7.71. The molecule has 1 N–H and O–H groups in total. The lowest BCUT2D eigenvalue weighted by Gasteiger charge is -2.12. The van der Waals surface area contributed by atoms with Gasteiger partial charge >= 0.3 is 0 Å². The van der Waals surface area contributed by atoms with Crippen LogP contribution < -0.4 is 5.32 Å². The van der Waals surface area contributed by atoms with E-state index in [1.54, 1.807) is 0 Å². The Morgan fingerprint density at radius 3 is 1.82 bits per heavy atom. The molecule has 0 fully saturated rings. The minimum Gasteiger partial charge on any atom is -0.379 e. The Hall–Kier alpha value is -5.02. The summed E-state index contributed by atoms with van der Waals surface area (Å²) < 4.78 is 4.72. The van der Waals surface area contributed by atoms with Gasteiger partial charge in [-0.1, -0.05) is 72.8 Å². The van der Waals surface area contributed by atoms with Crippen molar-refractivity contribution in [2.24, 2.45) is 0 Å². The Labute approximate surface area is 220 Å². The molecule has 38 heavy (non-hydrogen) atoms. The lowest BCUT2D eigenvalue weighted by molar-refractivity contribution is 1.10. The Balaban J connectivity index is 1.34. The highest BCUT2D eigenvalue weighted by molar-refractivity contribution is 6.11. The van der Waals surface area contributed by atoms with Gasteiger partial charge in [0.05, 0.1) is 27.9 Å². The number of rotatable bonds is 3. The molecule has 7 aromatic rings. The second kappa shape index (κ2) is 8.25. The Kier molecular flexibility index (Phi) is 4.58. The third kappa shape index (κ3) is 3.09. The SMILES string of the molecule is C1=Cc2c(c3cc(-c4ccc5c(c4)c4ccccc4n5-c4ccccc4)ccc3n2-c2ccccc2)NC1. The number of benzene rings is 5. The molecule has 0 saturated heterocycles. The molecule has 0 spiro atoms. The summed E-state index contributed by atoms with van der Waals surface area (Å²) in [7, 11) is 0. The minimum atomic E-state index is 0.843. The number of para-hydroxylation sites is 3. The van der Waals surface area contributed by atoms with Gasteiger partial charge in [0.25, 0.3) is 0 Å². The highest BCUT2D eigenvalue weighted by atomic mass is 15.0. The van der Waals surface area contributed by atoms with Crippen LogP contribution >= 0.6 is 0 Å². The molecule has 5 aromatic carbocycles. The number of hydrogen-bond acceptors (Lipinski definition) is 1. The van der Waals surface area contributed by atoms with Crippen molar-refractivity contribution in [3.63, 3.8) is 0 Å². The van der Waals surface area contributed by atoms with Gasteiger partial charge < -0.3 is 14.5 Å². The zero-order chi connectivity index (χ0) is 25.1. The predicted octanol–water partition coefficient (Wildman–Crippen LogP) is 8.83. The second-order valence-corrected chi connectivity index (χ2v) is 9.87. The number of nitrogens with one attached hydrogen (secondary N) is 1. The van der Waals surface area contributed by atoms with E-state index in [0.29, 0.717) is 0 Å². The van der Waals surface area contributed by atoms with Crippen LogP contribution in [0.1, 0.15) is 5.69 Å². The van der Waals surface area contributed by atoms with Gasteiger partial charge in [-0.3, -0.25) is 0 Å². The van der Waals surface area contributed by atoms with Gasteiger partial charge in [0.1, 0.15) is 0 Å². The highest BCUT2D eigenvalue weighted by Gasteiger charge is 2.19. The molecule has 3 heterocycles. The lowest BCUT2D eigenvalue weighted by Crippen LogP contribution is -2.05. The highest BCUT2D eigenvalue weighted by Crippen LogP contribution is 2.40. The van der Waals surface area contributed by atoms with Gasteiger partial charge in [0.2, 0.25) is 0 Å². The van der Waals surface area contributed by atoms with Crippen molar-refractivity contribution >= 4 is 44.5 Å². The van der Waals surface area contributed by atoms with Crippen molar-refractivity contribution in [1.82, 2.24) is 9.13 Å². The summed E-state index contributed by atoms with van der Waals surface area (Å²) in [6.45, 7) is 0.843. The topological polar surface area (TPSA) is 21.9 Å². The molecule has 8 rings (SSSR count). The first-order chi connectivity index (χ1) is 18.9. The van der Waals surface area contributed by atoms with Crippen LogP contribution in [0.2, 0.25) is 0 Å². The second-order valence-electron chi connectivity index (χ2n) is 9.87. The molecule has 1 aliphatic heterocycles. The van der Waals surface area contributed by atoms with Crippen molar-refractivity contribution in [1.29, 1.82) is 0 Å². The molecular weight excluding hydrogens is 462 g/mol. The fourth-order valence-electron chi connectivity index (χ4n) is 6.03. The van der Waals surface area contributed by atoms with Crippen LogP contribution in [0.25, 0.3) is 61.3 Å². The van der Waals surface area contributed by atoms with E-state index in [0.717, 1.165) is 6.54 Å². The first-order valence-corrected chi connectivity index (χ1v) is 13.1. The Morgan fingerprint density at radius 1 is 0.500 bits per heavy atom. The van der Waals surface area contributed by atoms with Crippen LogP contribution in [0.4, 0.5) is 5.69 Å². The summed E-state index contributed by atoms with van der Waals surface area (Å²) in [5.41, 5.74) is 10.9. The van der Waals surface area contributed by atoms with Gasteiger partial charge in [-0.25, -0.2) is 0 Å². The molecule has 180 valence electrons. The van der Waals surface area contributed by atoms with Crippen molar-refractivity contribution in [3.05, 3.63) is 133 Å². The number of fused-ring (bicyclic) bond motifs is 6. The van der Waals surface area contributed by atoms with Crippen molar-refractivity contribution in [3.8, 4) is 22.5 Å². The van der Waals surface area contributed by atoms with Crippen molar-refractivity contribution in [2.75, 3.05) is 11.9 Å². The average Bonchev–Trinajstić information content (AvgIpc) is 3.50. The molecule has 1 aliphatic rings. The molecule has 0 aliphatic carbocycles. The molecule has 0 atom stereocenters. The summed E-state index contributed by atoms with van der Waals surface area (Å²) in [4.78, 5) is 0. The van der Waals surface area contributed by atoms with E-state index >= 15 is 0 Å². The molecule has 2 aromatic heterocycles. The van der Waals surface area contributed by atoms with E-state index in [9.17, 15) is 0 Å². The lowest BCUT2D eigenvalue weighted by atomic mass is 10.0. The van der Waals surface area contributed by atoms with E-state index < -0.39 is 0 Å². The standard InChI is InChI=1S/C35H25N3/c1-3-10-26(11-4-1)37-31-15-8-7-14-28(31)29-22-24(17-19-32(29)37)25-18-20-33-30(23-25)35-34(16-9-21-36-35)38(33)27-12-5-2-6-13-27/h1-20,22-23,36H,21H2. The predicted molar refractivity (Wildman–Crippen MR) is 161 cm³/mol. The number of nitrogens with zero attached hydrogens (tertiary/aromatic N) is 2. The molecule has 0 bridgehead atoms. The van der Waals surface area contributed by atoms with E-state index in [-0.39, 0.29) is 0 Å². The van der Waals surface area contributed by atoms with Crippen LogP contribution in [0.3, 0.4) is 0 Å². The molecule has 3 heteroatoms. The van der Waals surface area contributed by atoms with Crippen LogP contribution in [0, 0.1) is 0 Å². The van der Waals surface area contributed by atoms with Crippen LogP contribution in [0.15, 0.2) is 127 Å². The first kappa shape index (κ1) is 21.1. The maximum absolute atomic E-state index is 3.64. The summed E-state index contributed by atoms with van der Waals surface area (Å²) in [5.74, 6) is 0. The van der Waals surface area contributed by atoms with Gasteiger partial charge in [0, 0.05) is 34.1 Å². The summed E-state index contributed by atoms with van der Waals surface area (Å²) in [6, 6.07) is 43.7. The van der Waals surface area contributed by atoms with E-state index in [4.69, 9.17) is 0 Å². The zero-order valence-electron chi connectivity index (χ0n) is 20.8. The smallest absolute Gasteiger partial charge is 0.0698 e. The third-order valence-corrected chi connectivity index (χ3v) is 7.71. The monoisotopic (exact) mass is 487 g/mol. The maximum atomic E-state index is 3.64. The van der Waals surface area contributed by atoms with E-state index in [2.05, 4.69) is 148 Å². The average molecular weight is 488 g/mol. The Bertz CT molecular complexity index is 2010. The van der Waals surface area contributed by atoms with Crippen molar-refractivity contribution < 1.29 is 0 Å². The van der Waals surface area contributed by atoms with Gasteiger partial charge in [-0.2, -0.15) is 0 Å². The quantitative estimate of drug-likeness (QED) is 0.264.